The molecule has 0 spiro atoms. The number of sulfonamides is 1. The van der Waals surface area contributed by atoms with Crippen LogP contribution in [-0.4, -0.2) is 20.9 Å². The van der Waals surface area contributed by atoms with Crippen molar-refractivity contribution >= 4 is 21.6 Å². The van der Waals surface area contributed by atoms with Crippen LogP contribution in [0.25, 0.3) is 0 Å². The van der Waals surface area contributed by atoms with Crippen LogP contribution in [-0.2, 0) is 27.7 Å². The summed E-state index contributed by atoms with van der Waals surface area (Å²) in [6.07, 6.45) is 1.19. The Labute approximate surface area is 176 Å². The molecule has 1 amide bonds. The second kappa shape index (κ2) is 10.1. The number of hydrogen-bond acceptors (Lipinski definition) is 3. The van der Waals surface area contributed by atoms with Crippen LogP contribution in [0.5, 0.6) is 0 Å². The Kier molecular flexibility index (Phi) is 7.32. The molecule has 0 unspecified atom stereocenters. The van der Waals surface area contributed by atoms with Crippen molar-refractivity contribution in [2.75, 3.05) is 11.9 Å². The van der Waals surface area contributed by atoms with E-state index in [1.54, 1.807) is 24.3 Å². The number of nitrogens with one attached hydrogen (secondary N) is 2. The van der Waals surface area contributed by atoms with Gasteiger partial charge in [-0.05, 0) is 48.2 Å². The second-order valence-electron chi connectivity index (χ2n) is 6.81. The molecular weight excluding hydrogens is 403 g/mol. The smallest absolute Gasteiger partial charge is 0.240 e. The van der Waals surface area contributed by atoms with Crippen LogP contribution in [0.1, 0.15) is 17.5 Å². The molecule has 0 aromatic heterocycles. The third kappa shape index (κ3) is 6.23. The molecule has 3 aromatic carbocycles. The summed E-state index contributed by atoms with van der Waals surface area (Å²) in [5, 5.41) is 2.53. The van der Waals surface area contributed by atoms with Gasteiger partial charge in [0, 0.05) is 13.0 Å². The number of hydrogen-bond donors (Lipinski definition) is 2. The third-order valence-electron chi connectivity index (χ3n) is 4.57. The van der Waals surface area contributed by atoms with Gasteiger partial charge in [0.2, 0.25) is 15.9 Å². The zero-order valence-corrected chi connectivity index (χ0v) is 17.2. The van der Waals surface area contributed by atoms with Crippen LogP contribution in [0.3, 0.4) is 0 Å². The van der Waals surface area contributed by atoms with Gasteiger partial charge in [-0.15, -0.1) is 0 Å². The van der Waals surface area contributed by atoms with E-state index in [4.69, 9.17) is 0 Å². The number of halogens is 1. The maximum absolute atomic E-state index is 13.6. The second-order valence-corrected chi connectivity index (χ2v) is 8.57. The van der Waals surface area contributed by atoms with E-state index in [-0.39, 0.29) is 22.9 Å². The van der Waals surface area contributed by atoms with Gasteiger partial charge in [0.25, 0.3) is 0 Å². The Bertz CT molecular complexity index is 1080. The lowest BCUT2D eigenvalue weighted by molar-refractivity contribution is -0.116. The monoisotopic (exact) mass is 426 g/mol. The van der Waals surface area contributed by atoms with Crippen molar-refractivity contribution in [3.63, 3.8) is 0 Å². The Morgan fingerprint density at radius 1 is 0.800 bits per heavy atom. The van der Waals surface area contributed by atoms with E-state index in [9.17, 15) is 17.6 Å². The predicted molar refractivity (Wildman–Crippen MR) is 115 cm³/mol. The molecule has 0 aliphatic heterocycles. The summed E-state index contributed by atoms with van der Waals surface area (Å²) < 4.78 is 41.0. The van der Waals surface area contributed by atoms with Gasteiger partial charge < -0.3 is 5.32 Å². The lowest BCUT2D eigenvalue weighted by atomic mass is 10.1. The van der Waals surface area contributed by atoms with E-state index < -0.39 is 15.8 Å². The highest BCUT2D eigenvalue weighted by atomic mass is 32.2. The van der Waals surface area contributed by atoms with E-state index in [0.717, 1.165) is 11.1 Å². The minimum Gasteiger partial charge on any atom is -0.324 e. The summed E-state index contributed by atoms with van der Waals surface area (Å²) >= 11 is 0. The summed E-state index contributed by atoms with van der Waals surface area (Å²) in [4.78, 5) is 12.2. The van der Waals surface area contributed by atoms with Crippen molar-refractivity contribution in [2.24, 2.45) is 0 Å². The van der Waals surface area contributed by atoms with E-state index >= 15 is 0 Å². The van der Waals surface area contributed by atoms with Crippen LogP contribution in [0.2, 0.25) is 0 Å². The van der Waals surface area contributed by atoms with Crippen molar-refractivity contribution in [2.45, 2.75) is 24.2 Å². The van der Waals surface area contributed by atoms with E-state index in [1.807, 2.05) is 30.3 Å². The van der Waals surface area contributed by atoms with Crippen molar-refractivity contribution in [3.8, 4) is 0 Å². The fourth-order valence-corrected chi connectivity index (χ4v) is 3.96. The molecular formula is C23H23FN2O3S. The molecule has 156 valence electrons. The van der Waals surface area contributed by atoms with Crippen LogP contribution < -0.4 is 10.0 Å². The highest BCUT2D eigenvalue weighted by Gasteiger charge is 2.13. The number of rotatable bonds is 9. The van der Waals surface area contributed by atoms with Crippen molar-refractivity contribution < 1.29 is 17.6 Å². The molecule has 3 rings (SSSR count). The van der Waals surface area contributed by atoms with Crippen molar-refractivity contribution in [1.82, 2.24) is 4.72 Å². The van der Waals surface area contributed by atoms with Crippen LogP contribution >= 0.6 is 0 Å². The minimum atomic E-state index is -3.59. The van der Waals surface area contributed by atoms with E-state index in [1.165, 1.54) is 24.3 Å². The molecule has 30 heavy (non-hydrogen) atoms. The fraction of sp³-hybridized carbons (Fsp3) is 0.174. The quantitative estimate of drug-likeness (QED) is 0.545. The zero-order chi connectivity index (χ0) is 21.4. The summed E-state index contributed by atoms with van der Waals surface area (Å²) in [7, 11) is -3.59. The Balaban J connectivity index is 1.50. The number of benzene rings is 3. The van der Waals surface area contributed by atoms with Gasteiger partial charge in [0.15, 0.2) is 0 Å². The highest BCUT2D eigenvalue weighted by molar-refractivity contribution is 7.89. The molecule has 0 aliphatic rings. The number of para-hydroxylation sites is 1. The van der Waals surface area contributed by atoms with Crippen LogP contribution in [0.4, 0.5) is 10.1 Å². The Morgan fingerprint density at radius 2 is 1.43 bits per heavy atom. The van der Waals surface area contributed by atoms with E-state index in [0.29, 0.717) is 19.4 Å². The normalized spacial score (nSPS) is 11.2. The molecule has 0 atom stereocenters. The summed E-state index contributed by atoms with van der Waals surface area (Å²) in [5.41, 5.74) is 2.02. The minimum absolute atomic E-state index is 0.144. The van der Waals surface area contributed by atoms with Gasteiger partial charge in [-0.25, -0.2) is 17.5 Å². The lowest BCUT2D eigenvalue weighted by Gasteiger charge is -2.09. The molecule has 0 bridgehead atoms. The molecule has 7 heteroatoms. The van der Waals surface area contributed by atoms with Gasteiger partial charge in [-0.3, -0.25) is 4.79 Å². The van der Waals surface area contributed by atoms with Crippen molar-refractivity contribution in [3.05, 3.63) is 95.8 Å². The average Bonchev–Trinajstić information content (AvgIpc) is 2.75. The molecule has 0 fully saturated rings. The molecule has 0 heterocycles. The van der Waals surface area contributed by atoms with Gasteiger partial charge in [-0.2, -0.15) is 0 Å². The molecule has 5 nitrogen and oxygen atoms in total. The van der Waals surface area contributed by atoms with Crippen LogP contribution in [0.15, 0.2) is 83.8 Å². The topological polar surface area (TPSA) is 75.3 Å². The third-order valence-corrected chi connectivity index (χ3v) is 6.05. The van der Waals surface area contributed by atoms with Gasteiger partial charge in [0.05, 0.1) is 10.6 Å². The number of anilines is 1. The van der Waals surface area contributed by atoms with Gasteiger partial charge in [-0.1, -0.05) is 54.6 Å². The summed E-state index contributed by atoms with van der Waals surface area (Å²) in [6.45, 7) is 0.310. The molecule has 2 N–H and O–H groups in total. The molecule has 0 radical (unpaired) electrons. The number of aryl methyl sites for hydroxylation is 1. The van der Waals surface area contributed by atoms with Crippen LogP contribution in [0, 0.1) is 5.82 Å². The predicted octanol–water partition coefficient (Wildman–Crippen LogP) is 3.92. The molecule has 0 saturated heterocycles. The maximum Gasteiger partial charge on any atom is 0.240 e. The fourth-order valence-electron chi connectivity index (χ4n) is 2.93. The van der Waals surface area contributed by atoms with Gasteiger partial charge >= 0.3 is 0 Å². The first-order valence-electron chi connectivity index (χ1n) is 9.61. The SMILES string of the molecule is O=C(CCc1ccc(S(=O)(=O)NCCc2ccccc2)cc1)Nc1ccccc1F. The average molecular weight is 427 g/mol. The summed E-state index contributed by atoms with van der Waals surface area (Å²) in [6, 6.07) is 22.0. The molecule has 0 saturated carbocycles. The first-order chi connectivity index (χ1) is 14.4. The first-order valence-corrected chi connectivity index (χ1v) is 11.1. The summed E-state index contributed by atoms with van der Waals surface area (Å²) in [5.74, 6) is -0.792. The van der Waals surface area contributed by atoms with Crippen molar-refractivity contribution in [1.29, 1.82) is 0 Å². The Hall–Kier alpha value is -3.03. The van der Waals surface area contributed by atoms with Gasteiger partial charge in [0.1, 0.15) is 5.82 Å². The van der Waals surface area contributed by atoms with E-state index in [2.05, 4.69) is 10.0 Å². The maximum atomic E-state index is 13.6. The standard InChI is InChI=1S/C23H23FN2O3S/c24-21-8-4-5-9-22(21)26-23(27)15-12-19-10-13-20(14-11-19)30(28,29)25-17-16-18-6-2-1-3-7-18/h1-11,13-14,25H,12,15-17H2,(H,26,27). The Morgan fingerprint density at radius 3 is 2.13 bits per heavy atom. The number of carbonyl (C=O) groups is 1. The molecule has 0 aliphatic carbocycles. The molecule has 3 aromatic rings. The lowest BCUT2D eigenvalue weighted by Crippen LogP contribution is -2.26. The number of carbonyl (C=O) groups excluding carboxylic acids is 1. The number of amides is 1. The first kappa shape index (κ1) is 21.7. The largest absolute Gasteiger partial charge is 0.324 e. The zero-order valence-electron chi connectivity index (χ0n) is 16.3. The highest BCUT2D eigenvalue weighted by Crippen LogP contribution is 2.15.